The zero-order valence-electron chi connectivity index (χ0n) is 9.48. The normalized spacial score (nSPS) is 12.6. The van der Waals surface area contributed by atoms with Crippen molar-refractivity contribution in [1.29, 1.82) is 0 Å². The first kappa shape index (κ1) is 11.7. The quantitative estimate of drug-likeness (QED) is 0.856. The maximum absolute atomic E-state index is 13.0. The van der Waals surface area contributed by atoms with E-state index in [0.717, 1.165) is 11.8 Å². The summed E-state index contributed by atoms with van der Waals surface area (Å²) in [6, 6.07) is 7.74. The lowest BCUT2D eigenvalue weighted by molar-refractivity contribution is 0.428. The average molecular weight is 235 g/mol. The van der Waals surface area contributed by atoms with E-state index in [1.54, 1.807) is 6.26 Å². The van der Waals surface area contributed by atoms with E-state index in [2.05, 4.69) is 5.32 Å². The molecule has 0 fully saturated rings. The van der Waals surface area contributed by atoms with Gasteiger partial charge >= 0.3 is 0 Å². The summed E-state index contributed by atoms with van der Waals surface area (Å²) in [5.41, 5.74) is 0.695. The Balaban J connectivity index is 1.98. The number of phenolic OH excluding ortho intramolecular Hbond substituents is 1. The Morgan fingerprint density at radius 2 is 2.24 bits per heavy atom. The second-order valence-electron chi connectivity index (χ2n) is 3.94. The predicted octanol–water partition coefficient (Wildman–Crippen LogP) is 2.98. The van der Waals surface area contributed by atoms with Crippen LogP contribution in [0.25, 0.3) is 0 Å². The molecule has 0 bridgehead atoms. The lowest BCUT2D eigenvalue weighted by Crippen LogP contribution is -2.17. The number of phenols is 1. The monoisotopic (exact) mass is 235 g/mol. The van der Waals surface area contributed by atoms with Crippen molar-refractivity contribution in [2.75, 3.05) is 0 Å². The lowest BCUT2D eigenvalue weighted by Gasteiger charge is -2.11. The van der Waals surface area contributed by atoms with Gasteiger partial charge in [-0.15, -0.1) is 0 Å². The molecule has 17 heavy (non-hydrogen) atoms. The molecule has 0 saturated heterocycles. The summed E-state index contributed by atoms with van der Waals surface area (Å²) < 4.78 is 18.3. The molecule has 2 rings (SSSR count). The summed E-state index contributed by atoms with van der Waals surface area (Å²) in [5, 5.41) is 12.4. The van der Waals surface area contributed by atoms with Crippen LogP contribution in [0.2, 0.25) is 0 Å². The minimum absolute atomic E-state index is 0.0374. The van der Waals surface area contributed by atoms with E-state index in [9.17, 15) is 9.50 Å². The van der Waals surface area contributed by atoms with E-state index in [4.69, 9.17) is 4.42 Å². The number of furan rings is 1. The first-order chi connectivity index (χ1) is 8.15. The Hall–Kier alpha value is -1.81. The molecule has 0 aliphatic rings. The van der Waals surface area contributed by atoms with Crippen LogP contribution in [-0.2, 0) is 6.54 Å². The molecule has 4 heteroatoms. The molecule has 0 radical (unpaired) electrons. The molecule has 0 aliphatic heterocycles. The molecule has 0 aliphatic carbocycles. The molecule has 0 spiro atoms. The molecule has 1 heterocycles. The molecule has 0 amide bonds. The standard InChI is InChI=1S/C13H14FNO2/c1-9(13-3-2-4-17-13)15-8-10-5-11(14)7-12(16)6-10/h2-7,9,15-16H,8H2,1H3/t9-/m0/s1. The van der Waals surface area contributed by atoms with E-state index in [1.165, 1.54) is 12.1 Å². The number of halogens is 1. The van der Waals surface area contributed by atoms with Gasteiger partial charge < -0.3 is 14.8 Å². The number of aromatic hydroxyl groups is 1. The first-order valence-electron chi connectivity index (χ1n) is 5.40. The minimum atomic E-state index is -0.438. The fourth-order valence-electron chi connectivity index (χ4n) is 1.64. The average Bonchev–Trinajstić information content (AvgIpc) is 2.78. The van der Waals surface area contributed by atoms with Crippen molar-refractivity contribution in [3.8, 4) is 5.75 Å². The zero-order valence-corrected chi connectivity index (χ0v) is 9.48. The first-order valence-corrected chi connectivity index (χ1v) is 5.40. The SMILES string of the molecule is C[C@H](NCc1cc(O)cc(F)c1)c1ccco1. The third kappa shape index (κ3) is 3.07. The van der Waals surface area contributed by atoms with Crippen LogP contribution in [0.4, 0.5) is 4.39 Å². The van der Waals surface area contributed by atoms with Gasteiger partial charge in [0.2, 0.25) is 0 Å². The second-order valence-corrected chi connectivity index (χ2v) is 3.94. The highest BCUT2D eigenvalue weighted by Crippen LogP contribution is 2.17. The summed E-state index contributed by atoms with van der Waals surface area (Å²) in [7, 11) is 0. The predicted molar refractivity (Wildman–Crippen MR) is 62.0 cm³/mol. The van der Waals surface area contributed by atoms with Gasteiger partial charge in [-0.3, -0.25) is 0 Å². The molecule has 3 nitrogen and oxygen atoms in total. The summed E-state index contributed by atoms with van der Waals surface area (Å²) in [6.45, 7) is 2.42. The van der Waals surface area contributed by atoms with Crippen LogP contribution in [-0.4, -0.2) is 5.11 Å². The fourth-order valence-corrected chi connectivity index (χ4v) is 1.64. The molecular weight excluding hydrogens is 221 g/mol. The van der Waals surface area contributed by atoms with Crippen LogP contribution in [0, 0.1) is 5.82 Å². The van der Waals surface area contributed by atoms with Gasteiger partial charge in [0.1, 0.15) is 17.3 Å². The summed E-state index contributed by atoms with van der Waals surface area (Å²) in [4.78, 5) is 0. The van der Waals surface area contributed by atoms with Gasteiger partial charge in [0.05, 0.1) is 12.3 Å². The van der Waals surface area contributed by atoms with Crippen molar-refractivity contribution >= 4 is 0 Å². The van der Waals surface area contributed by atoms with E-state index >= 15 is 0 Å². The highest BCUT2D eigenvalue weighted by molar-refractivity contribution is 5.28. The van der Waals surface area contributed by atoms with Crippen molar-refractivity contribution in [3.63, 3.8) is 0 Å². The van der Waals surface area contributed by atoms with Gasteiger partial charge in [-0.1, -0.05) is 0 Å². The van der Waals surface area contributed by atoms with E-state index in [-0.39, 0.29) is 11.8 Å². The van der Waals surface area contributed by atoms with Gasteiger partial charge in [0.25, 0.3) is 0 Å². The van der Waals surface area contributed by atoms with E-state index in [0.29, 0.717) is 12.1 Å². The Bertz CT molecular complexity index is 462. The van der Waals surface area contributed by atoms with Gasteiger partial charge in [-0.25, -0.2) is 4.39 Å². The van der Waals surface area contributed by atoms with E-state index in [1.807, 2.05) is 19.1 Å². The molecule has 1 aromatic heterocycles. The van der Waals surface area contributed by atoms with Crippen LogP contribution in [0.5, 0.6) is 5.75 Å². The lowest BCUT2D eigenvalue weighted by atomic mass is 10.2. The number of nitrogens with one attached hydrogen (secondary N) is 1. The Morgan fingerprint density at radius 3 is 2.88 bits per heavy atom. The molecule has 0 saturated carbocycles. The molecule has 0 unspecified atom stereocenters. The van der Waals surface area contributed by atoms with Gasteiger partial charge in [-0.05, 0) is 36.8 Å². The summed E-state index contributed by atoms with van der Waals surface area (Å²) in [6.07, 6.45) is 1.61. The van der Waals surface area contributed by atoms with Crippen molar-refractivity contribution in [2.24, 2.45) is 0 Å². The van der Waals surface area contributed by atoms with Crippen molar-refractivity contribution in [1.82, 2.24) is 5.32 Å². The molecule has 2 aromatic rings. The number of rotatable bonds is 4. The highest BCUT2D eigenvalue weighted by atomic mass is 19.1. The van der Waals surface area contributed by atoms with Crippen molar-refractivity contribution in [3.05, 3.63) is 53.7 Å². The molecule has 90 valence electrons. The van der Waals surface area contributed by atoms with E-state index < -0.39 is 5.82 Å². The summed E-state index contributed by atoms with van der Waals surface area (Å²) in [5.74, 6) is 0.325. The maximum atomic E-state index is 13.0. The van der Waals surface area contributed by atoms with Gasteiger partial charge in [0.15, 0.2) is 0 Å². The van der Waals surface area contributed by atoms with Gasteiger partial charge in [0, 0.05) is 12.6 Å². The highest BCUT2D eigenvalue weighted by Gasteiger charge is 2.07. The minimum Gasteiger partial charge on any atom is -0.508 e. The second kappa shape index (κ2) is 5.01. The van der Waals surface area contributed by atoms with Crippen LogP contribution < -0.4 is 5.32 Å². The molecule has 1 aromatic carbocycles. The Morgan fingerprint density at radius 1 is 1.41 bits per heavy atom. The molecule has 2 N–H and O–H groups in total. The largest absolute Gasteiger partial charge is 0.508 e. The maximum Gasteiger partial charge on any atom is 0.127 e. The molecular formula is C13H14FNO2. The van der Waals surface area contributed by atoms with Crippen LogP contribution in [0.15, 0.2) is 41.0 Å². The zero-order chi connectivity index (χ0) is 12.3. The Labute approximate surface area is 98.9 Å². The smallest absolute Gasteiger partial charge is 0.127 e. The van der Waals surface area contributed by atoms with Crippen molar-refractivity contribution < 1.29 is 13.9 Å². The number of hydrogen-bond donors (Lipinski definition) is 2. The summed E-state index contributed by atoms with van der Waals surface area (Å²) >= 11 is 0. The molecule has 1 atom stereocenters. The van der Waals surface area contributed by atoms with Crippen molar-refractivity contribution in [2.45, 2.75) is 19.5 Å². The van der Waals surface area contributed by atoms with Crippen LogP contribution >= 0.6 is 0 Å². The van der Waals surface area contributed by atoms with Gasteiger partial charge in [-0.2, -0.15) is 0 Å². The number of benzene rings is 1. The Kier molecular flexibility index (Phi) is 3.44. The third-order valence-electron chi connectivity index (χ3n) is 2.52. The van der Waals surface area contributed by atoms with Crippen LogP contribution in [0.1, 0.15) is 24.3 Å². The van der Waals surface area contributed by atoms with Crippen LogP contribution in [0.3, 0.4) is 0 Å². The topological polar surface area (TPSA) is 45.4 Å². The number of hydrogen-bond acceptors (Lipinski definition) is 3. The fraction of sp³-hybridized carbons (Fsp3) is 0.231. The third-order valence-corrected chi connectivity index (χ3v) is 2.52.